The number of rotatable bonds is 1. The number of imide groups is 1. The van der Waals surface area contributed by atoms with E-state index < -0.39 is 0 Å². The highest BCUT2D eigenvalue weighted by atomic mass is 16.2. The molecular weight excluding hydrogens is 240 g/mol. The van der Waals surface area contributed by atoms with Crippen molar-refractivity contribution in [3.63, 3.8) is 0 Å². The van der Waals surface area contributed by atoms with Gasteiger partial charge < -0.3 is 0 Å². The van der Waals surface area contributed by atoms with Crippen LogP contribution in [-0.4, -0.2) is 34.9 Å². The first-order valence-electron chi connectivity index (χ1n) is 6.43. The lowest BCUT2D eigenvalue weighted by molar-refractivity contribution is -0.0326. The lowest BCUT2D eigenvalue weighted by Gasteiger charge is -2.41. The molecule has 0 aliphatic carbocycles. The second-order valence-electron chi connectivity index (χ2n) is 4.94. The summed E-state index contributed by atoms with van der Waals surface area (Å²) in [4.78, 5) is 25.0. The summed E-state index contributed by atoms with van der Waals surface area (Å²) in [6, 6.07) is 11.2. The number of benzene rings is 2. The second-order valence-corrected chi connectivity index (χ2v) is 4.94. The predicted octanol–water partition coefficient (Wildman–Crippen LogP) is 2.06. The fourth-order valence-electron chi connectivity index (χ4n) is 2.77. The van der Waals surface area contributed by atoms with Gasteiger partial charge in [0.2, 0.25) is 0 Å². The third kappa shape index (κ3) is 1.32. The van der Waals surface area contributed by atoms with E-state index in [1.165, 1.54) is 5.01 Å². The van der Waals surface area contributed by atoms with Crippen LogP contribution in [0.15, 0.2) is 36.4 Å². The summed E-state index contributed by atoms with van der Waals surface area (Å²) in [7, 11) is 0. The number of amides is 2. The van der Waals surface area contributed by atoms with E-state index in [2.05, 4.69) is 0 Å². The summed E-state index contributed by atoms with van der Waals surface area (Å²) in [6.07, 6.45) is 1.03. The predicted molar refractivity (Wildman–Crippen MR) is 70.6 cm³/mol. The molecule has 4 nitrogen and oxygen atoms in total. The molecule has 0 saturated carbocycles. The molecule has 1 fully saturated rings. The molecule has 2 aliphatic heterocycles. The molecule has 0 N–H and O–H groups in total. The van der Waals surface area contributed by atoms with E-state index in [-0.39, 0.29) is 11.8 Å². The quantitative estimate of drug-likeness (QED) is 0.729. The van der Waals surface area contributed by atoms with Crippen molar-refractivity contribution in [3.05, 3.63) is 47.5 Å². The van der Waals surface area contributed by atoms with Crippen molar-refractivity contribution in [3.8, 4) is 0 Å². The van der Waals surface area contributed by atoms with Gasteiger partial charge in [0, 0.05) is 18.5 Å². The van der Waals surface area contributed by atoms with Crippen LogP contribution < -0.4 is 0 Å². The molecule has 0 radical (unpaired) electrons. The van der Waals surface area contributed by atoms with Gasteiger partial charge in [-0.1, -0.05) is 24.3 Å². The number of carbonyl (C=O) groups excluding carboxylic acids is 2. The Morgan fingerprint density at radius 1 is 0.842 bits per heavy atom. The summed E-state index contributed by atoms with van der Waals surface area (Å²) in [5.41, 5.74) is 1.25. The maximum absolute atomic E-state index is 12.5. The Morgan fingerprint density at radius 3 is 1.89 bits per heavy atom. The minimum absolute atomic E-state index is 0.200. The normalized spacial score (nSPS) is 18.8. The van der Waals surface area contributed by atoms with Crippen molar-refractivity contribution in [2.45, 2.75) is 6.42 Å². The molecule has 19 heavy (non-hydrogen) atoms. The van der Waals surface area contributed by atoms with Crippen LogP contribution in [0.4, 0.5) is 0 Å². The average molecular weight is 252 g/mol. The van der Waals surface area contributed by atoms with Gasteiger partial charge >= 0.3 is 0 Å². The number of hydrogen-bond acceptors (Lipinski definition) is 3. The third-order valence-electron chi connectivity index (χ3n) is 3.87. The zero-order valence-corrected chi connectivity index (χ0v) is 10.3. The highest BCUT2D eigenvalue weighted by molar-refractivity contribution is 6.25. The van der Waals surface area contributed by atoms with Gasteiger partial charge in [-0.25, -0.2) is 10.0 Å². The van der Waals surface area contributed by atoms with Gasteiger partial charge in [-0.05, 0) is 23.9 Å². The summed E-state index contributed by atoms with van der Waals surface area (Å²) < 4.78 is 0. The standard InChI is InChI=1S/C15H12N2O2/c18-14-11-6-1-4-10-5-2-7-12(13(10)11)15(19)17(14)16-8-3-9-16/h1-2,4-7H,3,8-9H2. The van der Waals surface area contributed by atoms with Gasteiger partial charge in [0.05, 0.1) is 11.1 Å². The molecule has 2 aliphatic rings. The Morgan fingerprint density at radius 2 is 1.42 bits per heavy atom. The minimum atomic E-state index is -0.200. The Balaban J connectivity index is 1.99. The molecule has 4 heteroatoms. The van der Waals surface area contributed by atoms with Gasteiger partial charge in [0.15, 0.2) is 0 Å². The molecule has 0 atom stereocenters. The van der Waals surface area contributed by atoms with E-state index in [1.54, 1.807) is 12.1 Å². The van der Waals surface area contributed by atoms with Gasteiger partial charge in [0.1, 0.15) is 0 Å². The van der Waals surface area contributed by atoms with Crippen molar-refractivity contribution in [2.75, 3.05) is 13.1 Å². The van der Waals surface area contributed by atoms with Crippen molar-refractivity contribution >= 4 is 22.6 Å². The van der Waals surface area contributed by atoms with E-state index in [9.17, 15) is 9.59 Å². The molecule has 0 bridgehead atoms. The topological polar surface area (TPSA) is 40.6 Å². The van der Waals surface area contributed by atoms with E-state index in [1.807, 2.05) is 29.3 Å². The summed E-state index contributed by atoms with van der Waals surface area (Å²) in [6.45, 7) is 1.55. The number of carbonyl (C=O) groups is 2. The monoisotopic (exact) mass is 252 g/mol. The molecule has 0 spiro atoms. The molecule has 2 amide bonds. The number of hydrogen-bond donors (Lipinski definition) is 0. The number of hydrazine groups is 1. The Kier molecular flexibility index (Phi) is 2.05. The van der Waals surface area contributed by atoms with E-state index >= 15 is 0 Å². The molecule has 94 valence electrons. The second kappa shape index (κ2) is 3.65. The van der Waals surface area contributed by atoms with Crippen molar-refractivity contribution < 1.29 is 9.59 Å². The maximum Gasteiger partial charge on any atom is 0.276 e. The average Bonchev–Trinajstić information content (AvgIpc) is 2.38. The summed E-state index contributed by atoms with van der Waals surface area (Å²) >= 11 is 0. The maximum atomic E-state index is 12.5. The van der Waals surface area contributed by atoms with Gasteiger partial charge in [-0.15, -0.1) is 0 Å². The fourth-order valence-corrected chi connectivity index (χ4v) is 2.77. The molecule has 2 heterocycles. The van der Waals surface area contributed by atoms with Gasteiger partial charge in [0.25, 0.3) is 11.8 Å². The van der Waals surface area contributed by atoms with Crippen molar-refractivity contribution in [1.29, 1.82) is 0 Å². The van der Waals surface area contributed by atoms with Crippen LogP contribution >= 0.6 is 0 Å². The first kappa shape index (κ1) is 10.7. The summed E-state index contributed by atoms with van der Waals surface area (Å²) in [5.74, 6) is -0.400. The first-order chi connectivity index (χ1) is 9.27. The van der Waals surface area contributed by atoms with Crippen LogP contribution in [0.2, 0.25) is 0 Å². The smallest absolute Gasteiger partial charge is 0.267 e. The van der Waals surface area contributed by atoms with Crippen LogP contribution in [0, 0.1) is 0 Å². The van der Waals surface area contributed by atoms with Crippen LogP contribution in [0.3, 0.4) is 0 Å². The van der Waals surface area contributed by atoms with E-state index in [0.29, 0.717) is 11.1 Å². The zero-order chi connectivity index (χ0) is 13.0. The molecule has 2 aromatic rings. The SMILES string of the molecule is O=C1c2cccc3cccc(c23)C(=O)N1N1CCC1. The fraction of sp³-hybridized carbons (Fsp3) is 0.200. The summed E-state index contributed by atoms with van der Waals surface area (Å²) in [5, 5.41) is 4.86. The van der Waals surface area contributed by atoms with Crippen LogP contribution in [0.5, 0.6) is 0 Å². The lowest BCUT2D eigenvalue weighted by Crippen LogP contribution is -2.57. The lowest BCUT2D eigenvalue weighted by atomic mass is 9.95. The molecule has 4 rings (SSSR count). The molecular formula is C15H12N2O2. The minimum Gasteiger partial charge on any atom is -0.267 e. The van der Waals surface area contributed by atoms with E-state index in [0.717, 1.165) is 30.3 Å². The highest BCUT2D eigenvalue weighted by Gasteiger charge is 2.38. The van der Waals surface area contributed by atoms with E-state index in [4.69, 9.17) is 0 Å². The Labute approximate surface area is 110 Å². The molecule has 0 aromatic heterocycles. The molecule has 1 saturated heterocycles. The van der Waals surface area contributed by atoms with Crippen LogP contribution in [-0.2, 0) is 0 Å². The first-order valence-corrected chi connectivity index (χ1v) is 6.43. The Hall–Kier alpha value is -2.20. The van der Waals surface area contributed by atoms with Crippen molar-refractivity contribution in [1.82, 2.24) is 10.0 Å². The largest absolute Gasteiger partial charge is 0.276 e. The van der Waals surface area contributed by atoms with Gasteiger partial charge in [-0.3, -0.25) is 9.59 Å². The number of nitrogens with zero attached hydrogens (tertiary/aromatic N) is 2. The Bertz CT molecular complexity index is 668. The highest BCUT2D eigenvalue weighted by Crippen LogP contribution is 2.31. The van der Waals surface area contributed by atoms with Gasteiger partial charge in [-0.2, -0.15) is 0 Å². The van der Waals surface area contributed by atoms with Crippen LogP contribution in [0.25, 0.3) is 10.8 Å². The van der Waals surface area contributed by atoms with Crippen molar-refractivity contribution in [2.24, 2.45) is 0 Å². The zero-order valence-electron chi connectivity index (χ0n) is 10.3. The van der Waals surface area contributed by atoms with Crippen LogP contribution in [0.1, 0.15) is 27.1 Å². The molecule has 0 unspecified atom stereocenters. The molecule has 2 aromatic carbocycles. The third-order valence-corrected chi connectivity index (χ3v) is 3.87.